The monoisotopic (exact) mass is 427 g/mol. The van der Waals surface area contributed by atoms with Gasteiger partial charge in [0, 0.05) is 37.6 Å². The van der Waals surface area contributed by atoms with Gasteiger partial charge in [-0.1, -0.05) is 12.1 Å². The second-order valence-corrected chi connectivity index (χ2v) is 6.60. The number of aliphatic imine (C=N–C) groups is 1. The lowest BCUT2D eigenvalue weighted by atomic mass is 10.2. The highest BCUT2D eigenvalue weighted by atomic mass is 19.3. The number of ether oxygens (including phenoxy) is 1. The topological polar surface area (TPSA) is 83.0 Å². The lowest BCUT2D eigenvalue weighted by Gasteiger charge is -2.09. The molecule has 0 aliphatic rings. The van der Waals surface area contributed by atoms with Crippen LogP contribution in [0.4, 0.5) is 8.78 Å². The molecule has 0 radical (unpaired) electrons. The van der Waals surface area contributed by atoms with Crippen LogP contribution in [0.25, 0.3) is 17.2 Å². The van der Waals surface area contributed by atoms with Crippen molar-refractivity contribution in [2.75, 3.05) is 0 Å². The fourth-order valence-electron chi connectivity index (χ4n) is 2.85. The molecule has 31 heavy (non-hydrogen) atoms. The highest BCUT2D eigenvalue weighted by Gasteiger charge is 2.16. The third-order valence-corrected chi connectivity index (χ3v) is 4.57. The zero-order valence-electron chi connectivity index (χ0n) is 17.5. The van der Waals surface area contributed by atoms with Gasteiger partial charge < -0.3 is 4.74 Å². The van der Waals surface area contributed by atoms with E-state index < -0.39 is 6.43 Å². The molecule has 8 nitrogen and oxygen atoms in total. The first kappa shape index (κ1) is 22.0. The molecular formula is C21H23F2N7O. The summed E-state index contributed by atoms with van der Waals surface area (Å²) in [6.07, 6.45) is 6.44. The van der Waals surface area contributed by atoms with Crippen molar-refractivity contribution in [1.29, 1.82) is 0 Å². The SMILES string of the molecule is C=N/C(=C\C=C(/C)OCc1c(-c2ccc(C(F)F)cn2)nnn1C)n1ccnc1CC. The molecule has 0 fully saturated rings. The number of aromatic nitrogens is 6. The quantitative estimate of drug-likeness (QED) is 0.290. The Morgan fingerprint density at radius 1 is 1.29 bits per heavy atom. The molecule has 3 aromatic heterocycles. The Kier molecular flexibility index (Phi) is 7.01. The minimum Gasteiger partial charge on any atom is -0.492 e. The van der Waals surface area contributed by atoms with Crippen LogP contribution < -0.4 is 0 Å². The number of rotatable bonds is 9. The Balaban J connectivity index is 1.75. The predicted molar refractivity (Wildman–Crippen MR) is 113 cm³/mol. The van der Waals surface area contributed by atoms with Crippen LogP contribution in [0, 0.1) is 0 Å². The van der Waals surface area contributed by atoms with Gasteiger partial charge in [-0.3, -0.25) is 9.55 Å². The van der Waals surface area contributed by atoms with E-state index >= 15 is 0 Å². The summed E-state index contributed by atoms with van der Waals surface area (Å²) in [6.45, 7) is 7.62. The Labute approximate surface area is 178 Å². The summed E-state index contributed by atoms with van der Waals surface area (Å²) >= 11 is 0. The Morgan fingerprint density at radius 3 is 2.74 bits per heavy atom. The van der Waals surface area contributed by atoms with E-state index in [2.05, 4.69) is 32.0 Å². The zero-order chi connectivity index (χ0) is 22.4. The highest BCUT2D eigenvalue weighted by Crippen LogP contribution is 2.23. The van der Waals surface area contributed by atoms with Crippen molar-refractivity contribution in [2.24, 2.45) is 12.0 Å². The first-order chi connectivity index (χ1) is 14.9. The van der Waals surface area contributed by atoms with Crippen molar-refractivity contribution in [3.63, 3.8) is 0 Å². The molecule has 0 spiro atoms. The number of halogens is 2. The van der Waals surface area contributed by atoms with Crippen LogP contribution >= 0.6 is 0 Å². The van der Waals surface area contributed by atoms with Gasteiger partial charge in [0.15, 0.2) is 0 Å². The normalized spacial score (nSPS) is 12.5. The van der Waals surface area contributed by atoms with Gasteiger partial charge in [0.25, 0.3) is 6.43 Å². The maximum Gasteiger partial charge on any atom is 0.265 e. The molecule has 0 aliphatic carbocycles. The first-order valence-corrected chi connectivity index (χ1v) is 9.58. The minimum absolute atomic E-state index is 0.147. The van der Waals surface area contributed by atoms with E-state index in [1.165, 1.54) is 12.1 Å². The van der Waals surface area contributed by atoms with Crippen LogP contribution in [0.2, 0.25) is 0 Å². The van der Waals surface area contributed by atoms with E-state index in [1.54, 1.807) is 30.1 Å². The van der Waals surface area contributed by atoms with E-state index in [1.807, 2.05) is 24.6 Å². The summed E-state index contributed by atoms with van der Waals surface area (Å²) in [5.41, 5.74) is 1.44. The number of hydrogen-bond donors (Lipinski definition) is 0. The van der Waals surface area contributed by atoms with Crippen LogP contribution in [0.3, 0.4) is 0 Å². The summed E-state index contributed by atoms with van der Waals surface area (Å²) in [5, 5.41) is 8.10. The van der Waals surface area contributed by atoms with Gasteiger partial charge in [0.2, 0.25) is 0 Å². The van der Waals surface area contributed by atoms with Crippen LogP contribution in [-0.4, -0.2) is 36.2 Å². The first-order valence-electron chi connectivity index (χ1n) is 9.58. The molecular weight excluding hydrogens is 404 g/mol. The second kappa shape index (κ2) is 9.88. The maximum absolute atomic E-state index is 12.8. The van der Waals surface area contributed by atoms with Gasteiger partial charge in [-0.05, 0) is 37.9 Å². The van der Waals surface area contributed by atoms with E-state index in [0.29, 0.717) is 28.7 Å². The third kappa shape index (κ3) is 5.08. The number of allylic oxidation sites excluding steroid dienone is 3. The van der Waals surface area contributed by atoms with Gasteiger partial charge in [-0.15, -0.1) is 5.10 Å². The molecule has 0 unspecified atom stereocenters. The third-order valence-electron chi connectivity index (χ3n) is 4.57. The predicted octanol–water partition coefficient (Wildman–Crippen LogP) is 4.19. The molecule has 3 rings (SSSR count). The summed E-state index contributed by atoms with van der Waals surface area (Å²) in [6, 6.07) is 2.83. The van der Waals surface area contributed by atoms with E-state index in [0.717, 1.165) is 18.4 Å². The van der Waals surface area contributed by atoms with E-state index in [4.69, 9.17) is 4.74 Å². The van der Waals surface area contributed by atoms with Gasteiger partial charge in [-0.2, -0.15) is 0 Å². The standard InChI is InChI=1S/C21H23F2N7O/c1-5-18-25-10-11-30(18)19(24-3)9-6-14(2)31-13-17-20(27-28-29(17)4)16-8-7-15(12-26-16)21(22)23/h6-12,21H,3,5,13H2,1-2,4H3/b14-6+,19-9+. The summed E-state index contributed by atoms with van der Waals surface area (Å²) in [5.74, 6) is 2.14. The molecule has 10 heteroatoms. The number of nitrogens with zero attached hydrogens (tertiary/aromatic N) is 7. The Bertz CT molecular complexity index is 1100. The van der Waals surface area contributed by atoms with Crippen molar-refractivity contribution >= 4 is 12.5 Å². The number of imidazole rings is 1. The summed E-state index contributed by atoms with van der Waals surface area (Å²) in [7, 11) is 1.73. The lowest BCUT2D eigenvalue weighted by molar-refractivity contribution is 0.151. The van der Waals surface area contributed by atoms with Crippen molar-refractivity contribution in [3.05, 3.63) is 65.7 Å². The molecule has 0 aliphatic heterocycles. The van der Waals surface area contributed by atoms with Crippen LogP contribution in [0.1, 0.15) is 37.4 Å². The average molecular weight is 427 g/mol. The summed E-state index contributed by atoms with van der Waals surface area (Å²) in [4.78, 5) is 12.4. The molecule has 0 amide bonds. The second-order valence-electron chi connectivity index (χ2n) is 6.60. The lowest BCUT2D eigenvalue weighted by Crippen LogP contribution is -2.02. The molecule has 0 aromatic carbocycles. The Hall–Kier alpha value is -3.69. The molecule has 0 saturated carbocycles. The van der Waals surface area contributed by atoms with Crippen molar-refractivity contribution in [3.8, 4) is 11.4 Å². The molecule has 0 saturated heterocycles. The average Bonchev–Trinajstić information content (AvgIpc) is 3.39. The van der Waals surface area contributed by atoms with Gasteiger partial charge in [0.05, 0.1) is 11.5 Å². The fourth-order valence-corrected chi connectivity index (χ4v) is 2.85. The highest BCUT2D eigenvalue weighted by molar-refractivity contribution is 5.57. The molecule has 0 atom stereocenters. The molecule has 3 heterocycles. The van der Waals surface area contributed by atoms with Crippen molar-refractivity contribution in [1.82, 2.24) is 29.5 Å². The fraction of sp³-hybridized carbons (Fsp3) is 0.286. The van der Waals surface area contributed by atoms with Gasteiger partial charge >= 0.3 is 0 Å². The number of alkyl halides is 2. The Morgan fingerprint density at radius 2 is 2.10 bits per heavy atom. The molecule has 3 aromatic rings. The van der Waals surface area contributed by atoms with E-state index in [9.17, 15) is 8.78 Å². The van der Waals surface area contributed by atoms with E-state index in [-0.39, 0.29) is 12.2 Å². The van der Waals surface area contributed by atoms with Crippen LogP contribution in [0.5, 0.6) is 0 Å². The zero-order valence-corrected chi connectivity index (χ0v) is 17.5. The van der Waals surface area contributed by atoms with Gasteiger partial charge in [-0.25, -0.2) is 23.4 Å². The molecule has 162 valence electrons. The maximum atomic E-state index is 12.8. The van der Waals surface area contributed by atoms with Crippen molar-refractivity contribution < 1.29 is 13.5 Å². The largest absolute Gasteiger partial charge is 0.492 e. The molecule has 0 N–H and O–H groups in total. The van der Waals surface area contributed by atoms with Crippen LogP contribution in [0.15, 0.2) is 53.6 Å². The minimum atomic E-state index is -2.57. The smallest absolute Gasteiger partial charge is 0.265 e. The summed E-state index contributed by atoms with van der Waals surface area (Å²) < 4.78 is 34.8. The van der Waals surface area contributed by atoms with Gasteiger partial charge in [0.1, 0.15) is 29.6 Å². The van der Waals surface area contributed by atoms with Crippen molar-refractivity contribution in [2.45, 2.75) is 33.3 Å². The number of aryl methyl sites for hydroxylation is 2. The number of hydrogen-bond acceptors (Lipinski definition) is 6. The number of pyridine rings is 1. The van der Waals surface area contributed by atoms with Crippen LogP contribution in [-0.2, 0) is 24.8 Å². The molecule has 0 bridgehead atoms.